The summed E-state index contributed by atoms with van der Waals surface area (Å²) in [6.07, 6.45) is 5.94. The minimum absolute atomic E-state index is 0.0301. The first kappa shape index (κ1) is 20.8. The number of hydrogen-bond donors (Lipinski definition) is 1. The number of ketones is 1. The summed E-state index contributed by atoms with van der Waals surface area (Å²) in [7, 11) is 0. The van der Waals surface area contributed by atoms with Gasteiger partial charge in [0.15, 0.2) is 16.6 Å². The molecule has 0 radical (unpaired) electrons. The largest absolute Gasteiger partial charge is 0.477 e. The van der Waals surface area contributed by atoms with E-state index in [-0.39, 0.29) is 29.1 Å². The Hall–Kier alpha value is -4.06. The molecule has 1 aliphatic heterocycles. The summed E-state index contributed by atoms with van der Waals surface area (Å²) in [6.45, 7) is 2.70. The Morgan fingerprint density at radius 2 is 2.03 bits per heavy atom. The highest BCUT2D eigenvalue weighted by Crippen LogP contribution is 2.29. The van der Waals surface area contributed by atoms with Gasteiger partial charge in [-0.3, -0.25) is 14.2 Å². The molecule has 0 aliphatic carbocycles. The number of carboxylic acids is 1. The number of carbonyl (C=O) groups excluding carboxylic acids is 1. The number of aryl methyl sites for hydroxylation is 1. The Labute approximate surface area is 190 Å². The highest BCUT2D eigenvalue weighted by atomic mass is 32.1. The summed E-state index contributed by atoms with van der Waals surface area (Å²) >= 11 is 1.30. The molecule has 0 amide bonds. The van der Waals surface area contributed by atoms with Gasteiger partial charge in [0.1, 0.15) is 17.2 Å². The monoisotopic (exact) mass is 463 g/mol. The molecule has 11 nitrogen and oxygen atoms in total. The van der Waals surface area contributed by atoms with Crippen molar-refractivity contribution >= 4 is 39.9 Å². The van der Waals surface area contributed by atoms with Crippen molar-refractivity contribution in [2.45, 2.75) is 13.3 Å². The van der Waals surface area contributed by atoms with Crippen molar-refractivity contribution in [2.24, 2.45) is 5.92 Å². The van der Waals surface area contributed by atoms with Crippen LogP contribution in [0.1, 0.15) is 21.7 Å². The molecule has 0 unspecified atom stereocenters. The first-order valence-electron chi connectivity index (χ1n) is 10.0. The maximum atomic E-state index is 12.9. The van der Waals surface area contributed by atoms with Gasteiger partial charge in [-0.2, -0.15) is 5.10 Å². The molecule has 0 atom stereocenters. The molecule has 1 aliphatic rings. The molecule has 33 heavy (non-hydrogen) atoms. The molecule has 4 aromatic heterocycles. The molecule has 1 N–H and O–H groups in total. The Bertz CT molecular complexity index is 1430. The lowest BCUT2D eigenvalue weighted by Crippen LogP contribution is -2.51. The first-order valence-corrected chi connectivity index (χ1v) is 10.9. The van der Waals surface area contributed by atoms with Crippen LogP contribution in [0, 0.1) is 12.8 Å². The van der Waals surface area contributed by atoms with E-state index >= 15 is 0 Å². The van der Waals surface area contributed by atoms with Crippen LogP contribution >= 0.6 is 11.3 Å². The van der Waals surface area contributed by atoms with Gasteiger partial charge in [0.25, 0.3) is 0 Å². The quantitative estimate of drug-likeness (QED) is 0.444. The van der Waals surface area contributed by atoms with Gasteiger partial charge < -0.3 is 10.0 Å². The van der Waals surface area contributed by atoms with Crippen molar-refractivity contribution in [1.29, 1.82) is 0 Å². The van der Waals surface area contributed by atoms with Crippen LogP contribution < -0.4 is 10.3 Å². The number of anilines is 1. The molecule has 0 bridgehead atoms. The number of hydrogen-bond acceptors (Lipinski definition) is 10. The molecule has 5 rings (SSSR count). The summed E-state index contributed by atoms with van der Waals surface area (Å²) in [4.78, 5) is 52.0. The number of rotatable bonds is 6. The highest BCUT2D eigenvalue weighted by molar-refractivity contribution is 7.12. The van der Waals surface area contributed by atoms with E-state index in [0.29, 0.717) is 41.1 Å². The summed E-state index contributed by atoms with van der Waals surface area (Å²) in [5.41, 5.74) is -0.00185. The molecular weight excluding hydrogens is 446 g/mol. The zero-order valence-corrected chi connectivity index (χ0v) is 18.2. The Balaban J connectivity index is 1.48. The summed E-state index contributed by atoms with van der Waals surface area (Å²) < 4.78 is 1.53. The molecule has 4 aromatic rings. The number of fused-ring (bicyclic) bond motifs is 1. The van der Waals surface area contributed by atoms with Gasteiger partial charge in [-0.25, -0.2) is 19.7 Å². The van der Waals surface area contributed by atoms with Crippen molar-refractivity contribution in [1.82, 2.24) is 29.7 Å². The predicted octanol–water partition coefficient (Wildman–Crippen LogP) is 1.28. The Morgan fingerprint density at radius 1 is 1.21 bits per heavy atom. The number of aromatic nitrogens is 6. The van der Waals surface area contributed by atoms with Gasteiger partial charge in [-0.05, 0) is 18.6 Å². The average molecular weight is 463 g/mol. The standard InChI is InChI=1S/C21H17N7O4S/c1-11-6-16(27-8-12(9-27)14(29)7-15-22-2-3-24-26-15)25-19-17(11)18(30)13(20(31)32)10-28(19)21-23-4-5-33-21/h2-6,10,12H,7-9H2,1H3,(H,31,32). The second kappa shape index (κ2) is 8.13. The predicted molar refractivity (Wildman–Crippen MR) is 119 cm³/mol. The average Bonchev–Trinajstić information content (AvgIpc) is 3.28. The fraction of sp³-hybridized carbons (Fsp3) is 0.238. The molecular formula is C21H17N7O4S. The number of Topliss-reactive ketones (excluding diaryl/α,β-unsaturated/α-hetero) is 1. The smallest absolute Gasteiger partial charge is 0.341 e. The lowest BCUT2D eigenvalue weighted by Gasteiger charge is -2.39. The number of carboxylic acid groups (broad SMARTS) is 1. The van der Waals surface area contributed by atoms with Crippen LogP contribution in [0.3, 0.4) is 0 Å². The summed E-state index contributed by atoms with van der Waals surface area (Å²) in [6, 6.07) is 1.74. The zero-order chi connectivity index (χ0) is 23.1. The van der Waals surface area contributed by atoms with E-state index in [1.165, 1.54) is 34.5 Å². The van der Waals surface area contributed by atoms with Gasteiger partial charge in [0.2, 0.25) is 5.43 Å². The van der Waals surface area contributed by atoms with Crippen molar-refractivity contribution in [3.63, 3.8) is 0 Å². The highest BCUT2D eigenvalue weighted by Gasteiger charge is 2.34. The van der Waals surface area contributed by atoms with E-state index in [0.717, 1.165) is 0 Å². The SMILES string of the molecule is Cc1cc(N2CC(C(=O)Cc3nccnn3)C2)nc2c1c(=O)c(C(=O)O)cn2-c1nccs1. The second-order valence-electron chi connectivity index (χ2n) is 7.66. The third kappa shape index (κ3) is 3.74. The molecule has 5 heterocycles. The van der Waals surface area contributed by atoms with E-state index in [2.05, 4.69) is 25.1 Å². The summed E-state index contributed by atoms with van der Waals surface area (Å²) in [5.74, 6) is -0.459. The van der Waals surface area contributed by atoms with Crippen LogP contribution in [-0.2, 0) is 11.2 Å². The van der Waals surface area contributed by atoms with Crippen LogP contribution in [-0.4, -0.2) is 59.7 Å². The third-order valence-electron chi connectivity index (χ3n) is 5.52. The van der Waals surface area contributed by atoms with E-state index in [4.69, 9.17) is 0 Å². The fourth-order valence-electron chi connectivity index (χ4n) is 3.80. The van der Waals surface area contributed by atoms with Crippen molar-refractivity contribution in [2.75, 3.05) is 18.0 Å². The molecule has 1 saturated heterocycles. The number of aromatic carboxylic acids is 1. The van der Waals surface area contributed by atoms with Gasteiger partial charge in [0.05, 0.1) is 23.9 Å². The lowest BCUT2D eigenvalue weighted by atomic mass is 9.93. The van der Waals surface area contributed by atoms with Crippen molar-refractivity contribution in [3.05, 3.63) is 63.4 Å². The zero-order valence-electron chi connectivity index (χ0n) is 17.4. The third-order valence-corrected chi connectivity index (χ3v) is 6.29. The topological polar surface area (TPSA) is 144 Å². The molecule has 166 valence electrons. The minimum Gasteiger partial charge on any atom is -0.477 e. The second-order valence-corrected chi connectivity index (χ2v) is 8.53. The van der Waals surface area contributed by atoms with Crippen LogP contribution in [0.5, 0.6) is 0 Å². The Morgan fingerprint density at radius 3 is 2.70 bits per heavy atom. The van der Waals surface area contributed by atoms with Gasteiger partial charge in [0, 0.05) is 37.1 Å². The molecule has 0 saturated carbocycles. The van der Waals surface area contributed by atoms with Crippen molar-refractivity contribution < 1.29 is 14.7 Å². The van der Waals surface area contributed by atoms with Crippen LogP contribution in [0.2, 0.25) is 0 Å². The molecule has 12 heteroatoms. The number of pyridine rings is 2. The van der Waals surface area contributed by atoms with Crippen LogP contribution in [0.4, 0.5) is 5.82 Å². The van der Waals surface area contributed by atoms with Gasteiger partial charge >= 0.3 is 5.97 Å². The van der Waals surface area contributed by atoms with E-state index in [1.54, 1.807) is 24.6 Å². The number of carbonyl (C=O) groups is 2. The number of thiazole rings is 1. The first-order chi connectivity index (χ1) is 15.9. The number of nitrogens with zero attached hydrogens (tertiary/aromatic N) is 7. The lowest BCUT2D eigenvalue weighted by molar-refractivity contribution is -0.123. The van der Waals surface area contributed by atoms with Gasteiger partial charge in [-0.15, -0.1) is 16.4 Å². The Kier molecular flexibility index (Phi) is 5.13. The van der Waals surface area contributed by atoms with E-state index in [9.17, 15) is 19.5 Å². The van der Waals surface area contributed by atoms with Crippen molar-refractivity contribution in [3.8, 4) is 5.13 Å². The van der Waals surface area contributed by atoms with Gasteiger partial charge in [-0.1, -0.05) is 0 Å². The minimum atomic E-state index is -1.31. The van der Waals surface area contributed by atoms with Crippen LogP contribution in [0.15, 0.2) is 41.0 Å². The normalized spacial score (nSPS) is 13.8. The summed E-state index contributed by atoms with van der Waals surface area (Å²) in [5, 5.41) is 19.6. The molecule has 0 aromatic carbocycles. The van der Waals surface area contributed by atoms with Crippen LogP contribution in [0.25, 0.3) is 16.2 Å². The molecule has 1 fully saturated rings. The fourth-order valence-corrected chi connectivity index (χ4v) is 4.42. The maximum absolute atomic E-state index is 12.9. The maximum Gasteiger partial charge on any atom is 0.341 e. The van der Waals surface area contributed by atoms with E-state index in [1.807, 2.05) is 4.90 Å². The molecule has 0 spiro atoms. The van der Waals surface area contributed by atoms with E-state index < -0.39 is 11.4 Å².